The molecule has 1 amide bonds. The summed E-state index contributed by atoms with van der Waals surface area (Å²) in [6.45, 7) is 2.37. The maximum absolute atomic E-state index is 12.5. The normalized spacial score (nSPS) is 15.6. The number of amides is 1. The molecule has 1 aliphatic rings. The molecule has 0 saturated carbocycles. The zero-order chi connectivity index (χ0) is 24.2. The van der Waals surface area contributed by atoms with Gasteiger partial charge in [-0.2, -0.15) is 0 Å². The number of aryl methyl sites for hydroxylation is 1. The van der Waals surface area contributed by atoms with Gasteiger partial charge in [-0.1, -0.05) is 59.9 Å². The molecular weight excluding hydrogens is 648 g/mol. The third-order valence-electron chi connectivity index (χ3n) is 4.92. The summed E-state index contributed by atoms with van der Waals surface area (Å²) in [4.78, 5) is 17.6. The van der Waals surface area contributed by atoms with E-state index in [-0.39, 0.29) is 5.91 Å². The Balaban J connectivity index is 1.50. The summed E-state index contributed by atoms with van der Waals surface area (Å²) in [5, 5.41) is 3.38. The van der Waals surface area contributed by atoms with Crippen molar-refractivity contribution in [2.75, 3.05) is 7.11 Å². The third-order valence-corrected chi connectivity index (χ3v) is 7.55. The van der Waals surface area contributed by atoms with E-state index in [0.717, 1.165) is 35.8 Å². The minimum absolute atomic E-state index is 0.183. The van der Waals surface area contributed by atoms with Crippen LogP contribution in [0.15, 0.2) is 77.9 Å². The predicted molar refractivity (Wildman–Crippen MR) is 149 cm³/mol. The van der Waals surface area contributed by atoms with Crippen molar-refractivity contribution in [1.82, 2.24) is 5.32 Å². The van der Waals surface area contributed by atoms with Crippen LogP contribution in [0.5, 0.6) is 11.5 Å². The summed E-state index contributed by atoms with van der Waals surface area (Å²) in [6, 6.07) is 17.3. The van der Waals surface area contributed by atoms with Crippen LogP contribution in [0.4, 0.5) is 5.69 Å². The van der Waals surface area contributed by atoms with Gasteiger partial charge in [0.2, 0.25) is 0 Å². The van der Waals surface area contributed by atoms with Crippen LogP contribution in [0.1, 0.15) is 16.7 Å². The largest absolute Gasteiger partial charge is 0.493 e. The Morgan fingerprint density at radius 2 is 1.76 bits per heavy atom. The molecule has 1 fully saturated rings. The number of carbonyl (C=O) groups excluding carboxylic acids is 1. The van der Waals surface area contributed by atoms with Gasteiger partial charge in [0.1, 0.15) is 6.61 Å². The maximum Gasteiger partial charge on any atom is 0.264 e. The standard InChI is InChI=1S/C25H19Br3N2O3S/c1-14-9-17(26)6-7-20(14)29-25-30-24(31)23(34-25)11-15-3-8-21(22(10-15)32-2)33-13-16-4-5-18(27)12-19(16)28/h3-12H,13H2,1-2H3,(H,29,30,31)/b23-11-. The lowest BCUT2D eigenvalue weighted by Gasteiger charge is -2.12. The summed E-state index contributed by atoms with van der Waals surface area (Å²) in [5.74, 6) is 1.03. The molecule has 3 aromatic carbocycles. The lowest BCUT2D eigenvalue weighted by atomic mass is 10.2. The van der Waals surface area contributed by atoms with Crippen LogP contribution in [-0.2, 0) is 11.4 Å². The first-order chi connectivity index (χ1) is 16.3. The molecule has 1 aliphatic heterocycles. The molecule has 0 aromatic heterocycles. The number of hydrogen-bond donors (Lipinski definition) is 1. The monoisotopic (exact) mass is 664 g/mol. The Labute approximate surface area is 227 Å². The van der Waals surface area contributed by atoms with E-state index in [2.05, 4.69) is 58.1 Å². The van der Waals surface area contributed by atoms with Crippen LogP contribution in [0, 0.1) is 6.92 Å². The average molecular weight is 667 g/mol. The highest BCUT2D eigenvalue weighted by molar-refractivity contribution is 9.11. The van der Waals surface area contributed by atoms with E-state index < -0.39 is 0 Å². The molecule has 1 N–H and O–H groups in total. The van der Waals surface area contributed by atoms with Crippen molar-refractivity contribution in [3.8, 4) is 11.5 Å². The van der Waals surface area contributed by atoms with Crippen LogP contribution in [0.2, 0.25) is 0 Å². The number of nitrogens with zero attached hydrogens (tertiary/aromatic N) is 1. The molecule has 34 heavy (non-hydrogen) atoms. The Morgan fingerprint density at radius 1 is 1.00 bits per heavy atom. The van der Waals surface area contributed by atoms with Crippen molar-refractivity contribution in [2.24, 2.45) is 4.99 Å². The zero-order valence-corrected chi connectivity index (χ0v) is 23.8. The Hall–Kier alpha value is -2.07. The van der Waals surface area contributed by atoms with Gasteiger partial charge < -0.3 is 14.8 Å². The van der Waals surface area contributed by atoms with E-state index in [1.54, 1.807) is 7.11 Å². The number of amidine groups is 1. The number of benzene rings is 3. The Kier molecular flexibility index (Phi) is 8.18. The number of carbonyl (C=O) groups is 1. The number of thioether (sulfide) groups is 1. The summed E-state index contributed by atoms with van der Waals surface area (Å²) < 4.78 is 14.5. The quantitative estimate of drug-likeness (QED) is 0.273. The first-order valence-corrected chi connectivity index (χ1v) is 13.3. The van der Waals surface area contributed by atoms with Crippen molar-refractivity contribution in [1.29, 1.82) is 0 Å². The lowest BCUT2D eigenvalue weighted by Crippen LogP contribution is -2.19. The van der Waals surface area contributed by atoms with E-state index in [1.165, 1.54) is 11.8 Å². The van der Waals surface area contributed by atoms with E-state index in [9.17, 15) is 4.79 Å². The second-order valence-corrected chi connectivity index (χ2v) is 11.1. The number of nitrogens with one attached hydrogen (secondary N) is 1. The van der Waals surface area contributed by atoms with Crippen molar-refractivity contribution < 1.29 is 14.3 Å². The van der Waals surface area contributed by atoms with Crippen LogP contribution >= 0.6 is 59.6 Å². The number of hydrogen-bond acceptors (Lipinski definition) is 5. The Morgan fingerprint density at radius 3 is 2.50 bits per heavy atom. The molecule has 3 aromatic rings. The SMILES string of the molecule is COc1cc(/C=C2\SC(=Nc3ccc(Br)cc3C)NC2=O)ccc1OCc1ccc(Br)cc1Br. The second kappa shape index (κ2) is 11.1. The van der Waals surface area contributed by atoms with Gasteiger partial charge in [0, 0.05) is 19.0 Å². The molecule has 0 atom stereocenters. The molecule has 4 rings (SSSR count). The highest BCUT2D eigenvalue weighted by Gasteiger charge is 2.24. The van der Waals surface area contributed by atoms with E-state index >= 15 is 0 Å². The third kappa shape index (κ3) is 6.13. The predicted octanol–water partition coefficient (Wildman–Crippen LogP) is 7.76. The summed E-state index contributed by atoms with van der Waals surface area (Å²) in [5.41, 5.74) is 3.67. The van der Waals surface area contributed by atoms with E-state index in [0.29, 0.717) is 28.2 Å². The smallest absolute Gasteiger partial charge is 0.264 e. The summed E-state index contributed by atoms with van der Waals surface area (Å²) in [6.07, 6.45) is 1.81. The first kappa shape index (κ1) is 25.0. The number of methoxy groups -OCH3 is 1. The molecule has 5 nitrogen and oxygen atoms in total. The molecule has 1 saturated heterocycles. The zero-order valence-electron chi connectivity index (χ0n) is 18.2. The molecule has 9 heteroatoms. The molecule has 0 aliphatic carbocycles. The second-order valence-electron chi connectivity index (χ2n) is 7.35. The Bertz CT molecular complexity index is 1320. The molecule has 0 bridgehead atoms. The number of halogens is 3. The number of ether oxygens (including phenoxy) is 2. The molecule has 0 spiro atoms. The first-order valence-electron chi connectivity index (χ1n) is 10.1. The van der Waals surface area contributed by atoms with Crippen LogP contribution in [-0.4, -0.2) is 18.2 Å². The fourth-order valence-electron chi connectivity index (χ4n) is 3.17. The molecule has 174 valence electrons. The lowest BCUT2D eigenvalue weighted by molar-refractivity contribution is -0.115. The van der Waals surface area contributed by atoms with Crippen LogP contribution < -0.4 is 14.8 Å². The van der Waals surface area contributed by atoms with Crippen molar-refractivity contribution in [3.63, 3.8) is 0 Å². The molecular formula is C25H19Br3N2O3S. The minimum Gasteiger partial charge on any atom is -0.493 e. The van der Waals surface area contributed by atoms with E-state index in [1.807, 2.05) is 67.6 Å². The van der Waals surface area contributed by atoms with Gasteiger partial charge >= 0.3 is 0 Å². The average Bonchev–Trinajstić information content (AvgIpc) is 3.14. The van der Waals surface area contributed by atoms with Crippen molar-refractivity contribution >= 4 is 82.4 Å². The maximum atomic E-state index is 12.5. The molecule has 0 radical (unpaired) electrons. The van der Waals surface area contributed by atoms with Gasteiger partial charge in [-0.25, -0.2) is 4.99 Å². The van der Waals surface area contributed by atoms with Gasteiger partial charge in [-0.3, -0.25) is 4.79 Å². The van der Waals surface area contributed by atoms with Crippen LogP contribution in [0.3, 0.4) is 0 Å². The van der Waals surface area contributed by atoms with Gasteiger partial charge in [-0.15, -0.1) is 0 Å². The summed E-state index contributed by atoms with van der Waals surface area (Å²) in [7, 11) is 1.59. The molecule has 1 heterocycles. The van der Waals surface area contributed by atoms with Crippen LogP contribution in [0.25, 0.3) is 6.08 Å². The number of rotatable bonds is 6. The highest BCUT2D eigenvalue weighted by atomic mass is 79.9. The fraction of sp³-hybridized carbons (Fsp3) is 0.120. The van der Waals surface area contributed by atoms with Gasteiger partial charge in [0.05, 0.1) is 17.7 Å². The van der Waals surface area contributed by atoms with Gasteiger partial charge in [-0.05, 0) is 78.4 Å². The van der Waals surface area contributed by atoms with Crippen molar-refractivity contribution in [2.45, 2.75) is 13.5 Å². The van der Waals surface area contributed by atoms with Gasteiger partial charge in [0.25, 0.3) is 5.91 Å². The number of aliphatic imine (C=N–C) groups is 1. The highest BCUT2D eigenvalue weighted by Crippen LogP contribution is 2.34. The fourth-order valence-corrected chi connectivity index (χ4v) is 5.64. The van der Waals surface area contributed by atoms with Gasteiger partial charge in [0.15, 0.2) is 16.7 Å². The molecule has 0 unspecified atom stereocenters. The topological polar surface area (TPSA) is 59.9 Å². The summed E-state index contributed by atoms with van der Waals surface area (Å²) >= 11 is 11.8. The van der Waals surface area contributed by atoms with E-state index in [4.69, 9.17) is 9.47 Å². The minimum atomic E-state index is -0.183. The van der Waals surface area contributed by atoms with Crippen molar-refractivity contribution in [3.05, 3.63) is 89.6 Å².